The molecule has 1 N–H and O–H groups in total. The van der Waals surface area contributed by atoms with Gasteiger partial charge in [0, 0.05) is 25.2 Å². The van der Waals surface area contributed by atoms with Gasteiger partial charge in [0.2, 0.25) is 5.91 Å². The highest BCUT2D eigenvalue weighted by Gasteiger charge is 2.49. The average molecular weight is 379 g/mol. The van der Waals surface area contributed by atoms with Gasteiger partial charge in [-0.2, -0.15) is 0 Å². The van der Waals surface area contributed by atoms with Crippen molar-refractivity contribution < 1.29 is 9.53 Å². The number of hydrogen-bond acceptors (Lipinski definition) is 3. The third-order valence-corrected chi connectivity index (χ3v) is 6.00. The van der Waals surface area contributed by atoms with Crippen LogP contribution in [0.3, 0.4) is 0 Å². The fraction of sp³-hybridized carbons (Fsp3) is 0.458. The molecule has 0 bridgehead atoms. The number of carbonyl (C=O) groups excluding carboxylic acids is 1. The second-order valence-corrected chi connectivity index (χ2v) is 8.62. The molecule has 2 fully saturated rings. The van der Waals surface area contributed by atoms with E-state index < -0.39 is 0 Å². The predicted molar refractivity (Wildman–Crippen MR) is 112 cm³/mol. The zero-order chi connectivity index (χ0) is 19.7. The van der Waals surface area contributed by atoms with E-state index >= 15 is 0 Å². The second kappa shape index (κ2) is 7.59. The summed E-state index contributed by atoms with van der Waals surface area (Å²) in [6.07, 6.45) is 2.82. The first kappa shape index (κ1) is 19.0. The van der Waals surface area contributed by atoms with E-state index in [4.69, 9.17) is 4.74 Å². The lowest BCUT2D eigenvalue weighted by Crippen LogP contribution is -2.47. The summed E-state index contributed by atoms with van der Waals surface area (Å²) < 4.78 is 6.05. The molecule has 2 aliphatic rings. The summed E-state index contributed by atoms with van der Waals surface area (Å²) in [5.74, 6) is 1.66. The molecule has 1 amide bonds. The fourth-order valence-electron chi connectivity index (χ4n) is 4.43. The van der Waals surface area contributed by atoms with E-state index in [9.17, 15) is 4.79 Å². The van der Waals surface area contributed by atoms with Crippen LogP contribution in [0, 0.1) is 5.92 Å². The lowest BCUT2D eigenvalue weighted by Gasteiger charge is -2.23. The number of nitrogens with zero attached hydrogens (tertiary/aromatic N) is 1. The minimum Gasteiger partial charge on any atom is -0.493 e. The Morgan fingerprint density at radius 3 is 2.75 bits per heavy atom. The summed E-state index contributed by atoms with van der Waals surface area (Å²) in [5.41, 5.74) is 3.17. The molecule has 2 atom stereocenters. The lowest BCUT2D eigenvalue weighted by molar-refractivity contribution is -0.131. The molecule has 4 nitrogen and oxygen atoms in total. The fourth-order valence-corrected chi connectivity index (χ4v) is 4.43. The van der Waals surface area contributed by atoms with Gasteiger partial charge >= 0.3 is 0 Å². The van der Waals surface area contributed by atoms with Gasteiger partial charge in [0.15, 0.2) is 0 Å². The molecule has 2 aromatic carbocycles. The summed E-state index contributed by atoms with van der Waals surface area (Å²) in [4.78, 5) is 14.5. The maximum atomic E-state index is 12.6. The molecule has 4 rings (SSSR count). The maximum absolute atomic E-state index is 12.6. The molecule has 148 valence electrons. The summed E-state index contributed by atoms with van der Waals surface area (Å²) in [6.45, 7) is 5.87. The summed E-state index contributed by atoms with van der Waals surface area (Å²) in [5, 5.41) is 3.67. The van der Waals surface area contributed by atoms with Gasteiger partial charge in [0.1, 0.15) is 11.3 Å². The van der Waals surface area contributed by atoms with E-state index in [1.807, 2.05) is 24.1 Å². The molecular weight excluding hydrogens is 348 g/mol. The molecule has 1 spiro atoms. The van der Waals surface area contributed by atoms with Crippen LogP contribution in [0.1, 0.15) is 44.7 Å². The Labute approximate surface area is 167 Å². The van der Waals surface area contributed by atoms with Crippen molar-refractivity contribution in [2.75, 3.05) is 20.2 Å². The van der Waals surface area contributed by atoms with Crippen molar-refractivity contribution in [1.82, 2.24) is 10.2 Å². The largest absolute Gasteiger partial charge is 0.493 e. The number of nitrogens with one attached hydrogen (secondary N) is 1. The third-order valence-electron chi connectivity index (χ3n) is 6.00. The van der Waals surface area contributed by atoms with E-state index in [0.717, 1.165) is 42.7 Å². The highest BCUT2D eigenvalue weighted by molar-refractivity contribution is 5.88. The number of carbonyl (C=O) groups is 1. The third kappa shape index (κ3) is 3.53. The smallest absolute Gasteiger partial charge is 0.242 e. The van der Waals surface area contributed by atoms with Crippen LogP contribution in [-0.2, 0) is 4.79 Å². The van der Waals surface area contributed by atoms with Crippen LogP contribution >= 0.6 is 0 Å². The standard InChI is InChI=1S/C24H30N2O2/c1-17(2)16-28-22-10-5-4-9-20(22)18-7-6-8-19(15-18)21-11-12-24(25-21)13-14-26(3)23(24)27/h4-10,15,17,21,25H,11-14,16H2,1-3H3/t21-,24-/m1/s1. The Morgan fingerprint density at radius 2 is 2.00 bits per heavy atom. The average Bonchev–Trinajstić information content (AvgIpc) is 3.26. The zero-order valence-corrected chi connectivity index (χ0v) is 17.1. The highest BCUT2D eigenvalue weighted by atomic mass is 16.5. The van der Waals surface area contributed by atoms with Crippen LogP contribution in [0.4, 0.5) is 0 Å². The molecule has 0 unspecified atom stereocenters. The van der Waals surface area contributed by atoms with Crippen molar-refractivity contribution in [2.24, 2.45) is 5.92 Å². The Hall–Kier alpha value is -2.33. The lowest BCUT2D eigenvalue weighted by atomic mass is 9.95. The Balaban J connectivity index is 1.57. The molecule has 0 radical (unpaired) electrons. The summed E-state index contributed by atoms with van der Waals surface area (Å²) in [7, 11) is 1.90. The van der Waals surface area contributed by atoms with Crippen molar-refractivity contribution in [3.8, 4) is 16.9 Å². The molecular formula is C24H30N2O2. The van der Waals surface area contributed by atoms with Gasteiger partial charge in [-0.05, 0) is 48.4 Å². The first-order valence-electron chi connectivity index (χ1n) is 10.3. The van der Waals surface area contributed by atoms with Gasteiger partial charge in [0.25, 0.3) is 0 Å². The monoisotopic (exact) mass is 378 g/mol. The number of likely N-dealkylation sites (tertiary alicyclic amines) is 1. The molecule has 2 heterocycles. The minimum atomic E-state index is -0.353. The number of rotatable bonds is 5. The number of hydrogen-bond donors (Lipinski definition) is 1. The van der Waals surface area contributed by atoms with Crippen molar-refractivity contribution in [3.63, 3.8) is 0 Å². The predicted octanol–water partition coefficient (Wildman–Crippen LogP) is 4.41. The van der Waals surface area contributed by atoms with E-state index in [0.29, 0.717) is 12.5 Å². The van der Waals surface area contributed by atoms with Gasteiger partial charge in [0.05, 0.1) is 6.61 Å². The van der Waals surface area contributed by atoms with Gasteiger partial charge in [-0.3, -0.25) is 10.1 Å². The Kier molecular flexibility index (Phi) is 5.15. The Bertz CT molecular complexity index is 863. The number of benzene rings is 2. The number of likely N-dealkylation sites (N-methyl/N-ethyl adjacent to an activating group) is 1. The summed E-state index contributed by atoms with van der Waals surface area (Å²) >= 11 is 0. The zero-order valence-electron chi connectivity index (χ0n) is 17.1. The maximum Gasteiger partial charge on any atom is 0.242 e. The molecule has 2 aromatic rings. The second-order valence-electron chi connectivity index (χ2n) is 8.62. The van der Waals surface area contributed by atoms with E-state index in [2.05, 4.69) is 55.6 Å². The normalized spacial score (nSPS) is 24.5. The number of ether oxygens (including phenoxy) is 1. The SMILES string of the molecule is CC(C)COc1ccccc1-c1cccc([C@H]2CC[C@]3(CCN(C)C3=O)N2)c1. The molecule has 0 aliphatic carbocycles. The molecule has 4 heteroatoms. The van der Waals surface area contributed by atoms with Crippen LogP contribution in [0.15, 0.2) is 48.5 Å². The first-order valence-corrected chi connectivity index (χ1v) is 10.3. The Morgan fingerprint density at radius 1 is 1.18 bits per heavy atom. The van der Waals surface area contributed by atoms with Crippen molar-refractivity contribution in [1.29, 1.82) is 0 Å². The van der Waals surface area contributed by atoms with Crippen LogP contribution in [0.25, 0.3) is 11.1 Å². The first-order chi connectivity index (χ1) is 13.5. The van der Waals surface area contributed by atoms with Crippen molar-refractivity contribution in [2.45, 2.75) is 44.7 Å². The topological polar surface area (TPSA) is 41.6 Å². The molecule has 0 saturated carbocycles. The van der Waals surface area contributed by atoms with Crippen molar-refractivity contribution >= 4 is 5.91 Å². The summed E-state index contributed by atoms with van der Waals surface area (Å²) in [6, 6.07) is 17.1. The van der Waals surface area contributed by atoms with Gasteiger partial charge in [-0.25, -0.2) is 0 Å². The minimum absolute atomic E-state index is 0.221. The van der Waals surface area contributed by atoms with Gasteiger partial charge < -0.3 is 9.64 Å². The molecule has 2 aliphatic heterocycles. The van der Waals surface area contributed by atoms with E-state index in [1.165, 1.54) is 5.56 Å². The number of para-hydroxylation sites is 1. The molecule has 2 saturated heterocycles. The molecule has 28 heavy (non-hydrogen) atoms. The van der Waals surface area contributed by atoms with Crippen LogP contribution in [0.2, 0.25) is 0 Å². The van der Waals surface area contributed by atoms with Gasteiger partial charge in [-0.15, -0.1) is 0 Å². The van der Waals surface area contributed by atoms with Crippen molar-refractivity contribution in [3.05, 3.63) is 54.1 Å². The van der Waals surface area contributed by atoms with Crippen LogP contribution < -0.4 is 10.1 Å². The van der Waals surface area contributed by atoms with Crippen LogP contribution in [0.5, 0.6) is 5.75 Å². The van der Waals surface area contributed by atoms with E-state index in [-0.39, 0.29) is 17.5 Å². The van der Waals surface area contributed by atoms with Gasteiger partial charge in [-0.1, -0.05) is 50.2 Å². The molecule has 0 aromatic heterocycles. The number of amides is 1. The van der Waals surface area contributed by atoms with Crippen LogP contribution in [-0.4, -0.2) is 36.5 Å². The highest BCUT2D eigenvalue weighted by Crippen LogP contribution is 2.40. The quantitative estimate of drug-likeness (QED) is 0.838. The van der Waals surface area contributed by atoms with E-state index in [1.54, 1.807) is 0 Å².